The molecule has 1 amide bonds. The largest absolute Gasteiger partial charge is 0.491 e. The second-order valence-electron chi connectivity index (χ2n) is 10.5. The van der Waals surface area contributed by atoms with E-state index in [1.54, 1.807) is 6.07 Å². The molecule has 0 aromatic heterocycles. The SMILES string of the molecule is CC.CCC(CC)(c1ccc(OCC(O)C(C)(C)C)c(C)c1)c1ccc(C(=O)NC(C)C(=O)O)c(C)c1. The molecule has 3 N–H and O–H groups in total. The van der Waals surface area contributed by atoms with Crippen molar-refractivity contribution in [3.8, 4) is 5.75 Å². The fourth-order valence-corrected chi connectivity index (χ4v) is 4.31. The lowest BCUT2D eigenvalue weighted by atomic mass is 9.70. The maximum Gasteiger partial charge on any atom is 0.325 e. The van der Waals surface area contributed by atoms with Crippen molar-refractivity contribution < 1.29 is 24.5 Å². The number of carbonyl (C=O) groups excluding carboxylic acids is 1. The van der Waals surface area contributed by atoms with E-state index < -0.39 is 24.0 Å². The van der Waals surface area contributed by atoms with Crippen LogP contribution in [0.2, 0.25) is 0 Å². The number of aliphatic hydroxyl groups excluding tert-OH is 1. The van der Waals surface area contributed by atoms with Gasteiger partial charge >= 0.3 is 5.97 Å². The van der Waals surface area contributed by atoms with E-state index in [1.165, 1.54) is 12.5 Å². The zero-order valence-electron chi connectivity index (χ0n) is 24.4. The van der Waals surface area contributed by atoms with Gasteiger partial charge in [-0.2, -0.15) is 0 Å². The van der Waals surface area contributed by atoms with Gasteiger partial charge < -0.3 is 20.3 Å². The molecule has 0 fully saturated rings. The minimum Gasteiger partial charge on any atom is -0.491 e. The first-order valence-electron chi connectivity index (χ1n) is 13.3. The van der Waals surface area contributed by atoms with Gasteiger partial charge in [0.25, 0.3) is 5.91 Å². The Morgan fingerprint density at radius 3 is 1.89 bits per heavy atom. The number of carboxylic acids is 1. The van der Waals surface area contributed by atoms with E-state index in [2.05, 4.69) is 31.3 Å². The molecule has 2 unspecified atom stereocenters. The molecule has 0 aliphatic carbocycles. The monoisotopic (exact) mass is 513 g/mol. The highest BCUT2D eigenvalue weighted by Gasteiger charge is 2.32. The van der Waals surface area contributed by atoms with Gasteiger partial charge in [0.15, 0.2) is 0 Å². The normalized spacial score (nSPS) is 13.2. The lowest BCUT2D eigenvalue weighted by molar-refractivity contribution is -0.138. The lowest BCUT2D eigenvalue weighted by Gasteiger charge is -2.34. The van der Waals surface area contributed by atoms with Gasteiger partial charge in [-0.3, -0.25) is 9.59 Å². The van der Waals surface area contributed by atoms with E-state index >= 15 is 0 Å². The number of aryl methyl sites for hydroxylation is 2. The Balaban J connectivity index is 0.00000334. The highest BCUT2D eigenvalue weighted by Crippen LogP contribution is 2.41. The van der Waals surface area contributed by atoms with Crippen LogP contribution in [0.5, 0.6) is 5.75 Å². The molecule has 0 radical (unpaired) electrons. The average molecular weight is 514 g/mol. The Hall–Kier alpha value is -2.86. The molecular formula is C31H47NO5. The molecule has 0 saturated carbocycles. The van der Waals surface area contributed by atoms with Crippen molar-refractivity contribution in [2.45, 2.75) is 99.6 Å². The summed E-state index contributed by atoms with van der Waals surface area (Å²) in [5, 5.41) is 21.9. The van der Waals surface area contributed by atoms with Gasteiger partial charge in [-0.25, -0.2) is 0 Å². The molecule has 2 aromatic carbocycles. The number of benzene rings is 2. The Morgan fingerprint density at radius 2 is 1.46 bits per heavy atom. The topological polar surface area (TPSA) is 95.9 Å². The summed E-state index contributed by atoms with van der Waals surface area (Å²) in [5.41, 5.74) is 4.06. The second-order valence-corrected chi connectivity index (χ2v) is 10.5. The Kier molecular flexibility index (Phi) is 11.8. The van der Waals surface area contributed by atoms with E-state index in [-0.39, 0.29) is 17.4 Å². The molecule has 2 aromatic rings. The number of carboxylic acid groups (broad SMARTS) is 1. The number of rotatable bonds is 10. The smallest absolute Gasteiger partial charge is 0.325 e. The predicted octanol–water partition coefficient (Wildman–Crippen LogP) is 6.42. The number of nitrogens with one attached hydrogen (secondary N) is 1. The molecule has 0 saturated heterocycles. The van der Waals surface area contributed by atoms with Crippen LogP contribution in [0.1, 0.15) is 101 Å². The van der Waals surface area contributed by atoms with Crippen molar-refractivity contribution in [2.24, 2.45) is 5.41 Å². The van der Waals surface area contributed by atoms with E-state index in [9.17, 15) is 14.7 Å². The third-order valence-corrected chi connectivity index (χ3v) is 7.07. The summed E-state index contributed by atoms with van der Waals surface area (Å²) in [4.78, 5) is 23.7. The van der Waals surface area contributed by atoms with Crippen LogP contribution >= 0.6 is 0 Å². The van der Waals surface area contributed by atoms with Crippen molar-refractivity contribution in [2.75, 3.05) is 6.61 Å². The van der Waals surface area contributed by atoms with Gasteiger partial charge in [-0.05, 0) is 73.4 Å². The van der Waals surface area contributed by atoms with Crippen LogP contribution in [0.4, 0.5) is 0 Å². The Labute approximate surface area is 223 Å². The van der Waals surface area contributed by atoms with Crippen LogP contribution in [-0.2, 0) is 10.2 Å². The zero-order valence-corrected chi connectivity index (χ0v) is 24.4. The third kappa shape index (κ3) is 7.81. The Morgan fingerprint density at radius 1 is 0.946 bits per heavy atom. The standard InChI is InChI=1S/C29H41NO5.C2H6/c1-9-29(10-2,21-11-13-23(18(3)15-21)26(32)30-20(5)27(33)34)22-12-14-24(19(4)16-22)35-17-25(31)28(6,7)8;1-2/h11-16,20,25,31H,9-10,17H2,1-8H3,(H,30,32)(H,33,34);1-2H3. The number of amides is 1. The summed E-state index contributed by atoms with van der Waals surface area (Å²) in [7, 11) is 0. The predicted molar refractivity (Wildman–Crippen MR) is 151 cm³/mol. The number of hydrogen-bond donors (Lipinski definition) is 3. The van der Waals surface area contributed by atoms with Gasteiger partial charge in [-0.1, -0.05) is 72.7 Å². The minimum atomic E-state index is -1.07. The molecule has 0 spiro atoms. The summed E-state index contributed by atoms with van der Waals surface area (Å²) in [5.74, 6) is -0.703. The van der Waals surface area contributed by atoms with E-state index in [1.807, 2.05) is 66.7 Å². The number of carbonyl (C=O) groups is 2. The van der Waals surface area contributed by atoms with Crippen molar-refractivity contribution in [3.63, 3.8) is 0 Å². The summed E-state index contributed by atoms with van der Waals surface area (Å²) >= 11 is 0. The van der Waals surface area contributed by atoms with Gasteiger partial charge in [0.1, 0.15) is 18.4 Å². The molecule has 37 heavy (non-hydrogen) atoms. The summed E-state index contributed by atoms with van der Waals surface area (Å²) < 4.78 is 5.94. The van der Waals surface area contributed by atoms with Crippen LogP contribution in [0.25, 0.3) is 0 Å². The van der Waals surface area contributed by atoms with Crippen molar-refractivity contribution >= 4 is 11.9 Å². The van der Waals surface area contributed by atoms with Crippen molar-refractivity contribution in [1.29, 1.82) is 0 Å². The number of hydrogen-bond acceptors (Lipinski definition) is 4. The van der Waals surface area contributed by atoms with Gasteiger partial charge in [0, 0.05) is 11.0 Å². The first-order valence-corrected chi connectivity index (χ1v) is 13.3. The summed E-state index contributed by atoms with van der Waals surface area (Å²) in [6, 6.07) is 11.0. The maximum absolute atomic E-state index is 12.6. The van der Waals surface area contributed by atoms with Gasteiger partial charge in [0.05, 0.1) is 6.10 Å². The van der Waals surface area contributed by atoms with Gasteiger partial charge in [0.2, 0.25) is 0 Å². The van der Waals surface area contributed by atoms with Crippen molar-refractivity contribution in [3.05, 3.63) is 64.2 Å². The van der Waals surface area contributed by atoms with Crippen LogP contribution in [0, 0.1) is 19.3 Å². The highest BCUT2D eigenvalue weighted by atomic mass is 16.5. The Bertz CT molecular complexity index is 1050. The first kappa shape index (κ1) is 32.2. The molecular weight excluding hydrogens is 466 g/mol. The lowest BCUT2D eigenvalue weighted by Crippen LogP contribution is -2.38. The third-order valence-electron chi connectivity index (χ3n) is 7.07. The average Bonchev–Trinajstić information content (AvgIpc) is 2.85. The molecule has 0 bridgehead atoms. The first-order chi connectivity index (χ1) is 17.3. The van der Waals surface area contributed by atoms with Crippen LogP contribution < -0.4 is 10.1 Å². The number of ether oxygens (including phenoxy) is 1. The van der Waals surface area contributed by atoms with Crippen molar-refractivity contribution in [1.82, 2.24) is 5.32 Å². The fraction of sp³-hybridized carbons (Fsp3) is 0.548. The van der Waals surface area contributed by atoms with Gasteiger partial charge in [-0.15, -0.1) is 0 Å². The molecule has 2 rings (SSSR count). The highest BCUT2D eigenvalue weighted by molar-refractivity contribution is 5.97. The minimum absolute atomic E-state index is 0.236. The molecule has 6 nitrogen and oxygen atoms in total. The molecule has 0 aliphatic heterocycles. The number of aliphatic hydroxyl groups is 1. The maximum atomic E-state index is 12.6. The van der Waals surface area contributed by atoms with Crippen LogP contribution in [0.3, 0.4) is 0 Å². The fourth-order valence-electron chi connectivity index (χ4n) is 4.31. The molecule has 206 valence electrons. The van der Waals surface area contributed by atoms with Crippen LogP contribution in [-0.4, -0.2) is 40.8 Å². The molecule has 0 aliphatic rings. The second kappa shape index (κ2) is 13.6. The summed E-state index contributed by atoms with van der Waals surface area (Å²) in [6.07, 6.45) is 1.17. The quantitative estimate of drug-likeness (QED) is 0.340. The van der Waals surface area contributed by atoms with Crippen LogP contribution in [0.15, 0.2) is 36.4 Å². The molecule has 0 heterocycles. The van der Waals surface area contributed by atoms with E-state index in [4.69, 9.17) is 9.84 Å². The molecule has 2 atom stereocenters. The number of aliphatic carboxylic acids is 1. The van der Waals surface area contributed by atoms with E-state index in [0.29, 0.717) is 5.56 Å². The molecule has 6 heteroatoms. The zero-order chi connectivity index (χ0) is 28.6. The summed E-state index contributed by atoms with van der Waals surface area (Å²) in [6.45, 7) is 19.8. The van der Waals surface area contributed by atoms with E-state index in [0.717, 1.165) is 35.3 Å².